The molecule has 1 aliphatic heterocycles. The zero-order chi connectivity index (χ0) is 20.9. The molecule has 1 aromatic carbocycles. The van der Waals surface area contributed by atoms with Crippen LogP contribution >= 0.6 is 22.9 Å². The lowest BCUT2D eigenvalue weighted by molar-refractivity contribution is 0.0756. The van der Waals surface area contributed by atoms with Crippen LogP contribution in [0.25, 0.3) is 0 Å². The number of nitrogens with zero attached hydrogens (tertiary/aromatic N) is 4. The van der Waals surface area contributed by atoms with Gasteiger partial charge in [-0.25, -0.2) is 14.4 Å². The van der Waals surface area contributed by atoms with E-state index in [9.17, 15) is 9.18 Å². The molecule has 0 bridgehead atoms. The highest BCUT2D eigenvalue weighted by Crippen LogP contribution is 2.21. The van der Waals surface area contributed by atoms with E-state index in [2.05, 4.69) is 20.2 Å². The highest BCUT2D eigenvalue weighted by Gasteiger charge is 2.23. The Balaban J connectivity index is 1.38. The Labute approximate surface area is 183 Å². The van der Waals surface area contributed by atoms with Crippen LogP contribution in [0, 0.1) is 5.82 Å². The van der Waals surface area contributed by atoms with E-state index in [1.165, 1.54) is 23.5 Å². The van der Waals surface area contributed by atoms with Gasteiger partial charge in [0.25, 0.3) is 5.91 Å². The Bertz CT molecular complexity index is 1020. The fourth-order valence-corrected chi connectivity index (χ4v) is 4.14. The van der Waals surface area contributed by atoms with Gasteiger partial charge in [0.15, 0.2) is 10.9 Å². The molecule has 1 fully saturated rings. The number of hydrogen-bond donors (Lipinski definition) is 1. The number of benzene rings is 1. The van der Waals surface area contributed by atoms with Gasteiger partial charge in [-0.05, 0) is 30.7 Å². The summed E-state index contributed by atoms with van der Waals surface area (Å²) in [5.41, 5.74) is 0.968. The summed E-state index contributed by atoms with van der Waals surface area (Å²) in [6, 6.07) is 10.4. The summed E-state index contributed by atoms with van der Waals surface area (Å²) < 4.78 is 14.2. The van der Waals surface area contributed by atoms with Gasteiger partial charge in [-0.3, -0.25) is 9.69 Å². The Morgan fingerprint density at radius 1 is 1.17 bits per heavy atom. The quantitative estimate of drug-likeness (QED) is 0.629. The minimum atomic E-state index is -0.654. The van der Waals surface area contributed by atoms with E-state index >= 15 is 0 Å². The average Bonchev–Trinajstić information content (AvgIpc) is 3.14. The molecule has 0 aliphatic carbocycles. The SMILES string of the molecule is O=C(c1cccc(Cl)c1F)N1CCCN(Cc2cccc(Nc3nccs3)n2)CC1. The molecule has 1 N–H and O–H groups in total. The van der Waals surface area contributed by atoms with E-state index in [4.69, 9.17) is 11.6 Å². The van der Waals surface area contributed by atoms with Gasteiger partial charge in [0.2, 0.25) is 0 Å². The Kier molecular flexibility index (Phi) is 6.56. The summed E-state index contributed by atoms with van der Waals surface area (Å²) in [7, 11) is 0. The number of anilines is 2. The van der Waals surface area contributed by atoms with Crippen LogP contribution in [0.1, 0.15) is 22.5 Å². The van der Waals surface area contributed by atoms with Crippen molar-refractivity contribution in [1.82, 2.24) is 19.8 Å². The molecule has 0 unspecified atom stereocenters. The van der Waals surface area contributed by atoms with Crippen LogP contribution in [-0.4, -0.2) is 51.9 Å². The summed E-state index contributed by atoms with van der Waals surface area (Å²) in [6.07, 6.45) is 2.56. The third-order valence-corrected chi connectivity index (χ3v) is 5.90. The minimum absolute atomic E-state index is 0.0265. The molecular formula is C21H21ClFN5OS. The number of amides is 1. The zero-order valence-corrected chi connectivity index (χ0v) is 17.8. The van der Waals surface area contributed by atoms with Crippen molar-refractivity contribution >= 4 is 39.8 Å². The van der Waals surface area contributed by atoms with E-state index in [0.29, 0.717) is 26.2 Å². The first-order chi connectivity index (χ1) is 14.6. The van der Waals surface area contributed by atoms with Crippen LogP contribution < -0.4 is 5.32 Å². The molecule has 0 radical (unpaired) electrons. The largest absolute Gasteiger partial charge is 0.337 e. The molecule has 0 saturated carbocycles. The third kappa shape index (κ3) is 4.95. The number of carbonyl (C=O) groups excluding carboxylic acids is 1. The van der Waals surface area contributed by atoms with Crippen LogP contribution in [-0.2, 0) is 6.54 Å². The summed E-state index contributed by atoms with van der Waals surface area (Å²) in [5.74, 6) is -0.214. The Morgan fingerprint density at radius 2 is 2.03 bits per heavy atom. The zero-order valence-electron chi connectivity index (χ0n) is 16.2. The molecule has 3 heterocycles. The van der Waals surface area contributed by atoms with Crippen LogP contribution in [0.2, 0.25) is 5.02 Å². The van der Waals surface area contributed by atoms with Gasteiger partial charge in [-0.15, -0.1) is 11.3 Å². The summed E-state index contributed by atoms with van der Waals surface area (Å²) in [4.78, 5) is 25.6. The van der Waals surface area contributed by atoms with E-state index in [0.717, 1.165) is 29.6 Å². The number of hydrogen-bond acceptors (Lipinski definition) is 6. The highest BCUT2D eigenvalue weighted by molar-refractivity contribution is 7.13. The normalized spacial score (nSPS) is 15.1. The average molecular weight is 446 g/mol. The molecule has 9 heteroatoms. The Morgan fingerprint density at radius 3 is 2.87 bits per heavy atom. The van der Waals surface area contributed by atoms with Crippen molar-refractivity contribution in [2.45, 2.75) is 13.0 Å². The number of rotatable bonds is 5. The number of carbonyl (C=O) groups is 1. The second-order valence-corrected chi connectivity index (χ2v) is 8.30. The molecule has 0 spiro atoms. The molecule has 4 rings (SSSR count). The molecule has 30 heavy (non-hydrogen) atoms. The second-order valence-electron chi connectivity index (χ2n) is 7.00. The van der Waals surface area contributed by atoms with Gasteiger partial charge in [-0.2, -0.15) is 0 Å². The van der Waals surface area contributed by atoms with Gasteiger partial charge in [0.1, 0.15) is 5.82 Å². The molecule has 6 nitrogen and oxygen atoms in total. The van der Waals surface area contributed by atoms with E-state index in [1.807, 2.05) is 23.6 Å². The summed E-state index contributed by atoms with van der Waals surface area (Å²) >= 11 is 7.35. The van der Waals surface area contributed by atoms with Crippen molar-refractivity contribution < 1.29 is 9.18 Å². The summed E-state index contributed by atoms with van der Waals surface area (Å²) in [5, 5.41) is 5.88. The maximum Gasteiger partial charge on any atom is 0.256 e. The lowest BCUT2D eigenvalue weighted by atomic mass is 10.2. The first kappa shape index (κ1) is 20.7. The van der Waals surface area contributed by atoms with Crippen molar-refractivity contribution in [3.8, 4) is 0 Å². The predicted molar refractivity (Wildman–Crippen MR) is 117 cm³/mol. The van der Waals surface area contributed by atoms with E-state index in [-0.39, 0.29) is 16.5 Å². The molecule has 3 aromatic rings. The van der Waals surface area contributed by atoms with Gasteiger partial charge in [0, 0.05) is 44.3 Å². The Hall–Kier alpha value is -2.55. The standard InChI is InChI=1S/C21H21ClFN5OS/c22-17-6-2-5-16(19(17)23)20(29)28-10-3-9-27(11-12-28)14-15-4-1-7-18(25-15)26-21-24-8-13-30-21/h1-2,4-8,13H,3,9-12,14H2,(H,24,25,26). The third-order valence-electron chi connectivity index (χ3n) is 4.92. The van der Waals surface area contributed by atoms with Crippen LogP contribution in [0.4, 0.5) is 15.3 Å². The molecule has 0 atom stereocenters. The van der Waals surface area contributed by atoms with Crippen LogP contribution in [0.5, 0.6) is 0 Å². The van der Waals surface area contributed by atoms with Crippen LogP contribution in [0.15, 0.2) is 48.0 Å². The maximum atomic E-state index is 14.2. The van der Waals surface area contributed by atoms with Crippen LogP contribution in [0.3, 0.4) is 0 Å². The van der Waals surface area contributed by atoms with Crippen molar-refractivity contribution in [2.24, 2.45) is 0 Å². The first-order valence-electron chi connectivity index (χ1n) is 9.68. The van der Waals surface area contributed by atoms with Gasteiger partial charge in [-0.1, -0.05) is 23.7 Å². The first-order valence-corrected chi connectivity index (χ1v) is 10.9. The van der Waals surface area contributed by atoms with E-state index in [1.54, 1.807) is 17.2 Å². The van der Waals surface area contributed by atoms with Crippen molar-refractivity contribution in [2.75, 3.05) is 31.5 Å². The fraction of sp³-hybridized carbons (Fsp3) is 0.286. The number of pyridine rings is 1. The minimum Gasteiger partial charge on any atom is -0.337 e. The number of halogens is 2. The van der Waals surface area contributed by atoms with Crippen molar-refractivity contribution in [3.05, 3.63) is 70.1 Å². The molecule has 1 amide bonds. The predicted octanol–water partition coefficient (Wildman–Crippen LogP) is 4.42. The monoisotopic (exact) mass is 445 g/mol. The second kappa shape index (κ2) is 9.51. The lowest BCUT2D eigenvalue weighted by Crippen LogP contribution is -2.35. The maximum absolute atomic E-state index is 14.2. The summed E-state index contributed by atoms with van der Waals surface area (Å²) in [6.45, 7) is 3.33. The molecule has 1 aliphatic rings. The van der Waals surface area contributed by atoms with E-state index < -0.39 is 5.82 Å². The molecule has 1 saturated heterocycles. The number of aromatic nitrogens is 2. The molecule has 2 aromatic heterocycles. The van der Waals surface area contributed by atoms with Gasteiger partial charge >= 0.3 is 0 Å². The van der Waals surface area contributed by atoms with Crippen molar-refractivity contribution in [3.63, 3.8) is 0 Å². The highest BCUT2D eigenvalue weighted by atomic mass is 35.5. The number of thiazole rings is 1. The number of nitrogens with one attached hydrogen (secondary N) is 1. The topological polar surface area (TPSA) is 61.4 Å². The smallest absolute Gasteiger partial charge is 0.256 e. The fourth-order valence-electron chi connectivity index (χ4n) is 3.43. The molecule has 156 valence electrons. The van der Waals surface area contributed by atoms with Gasteiger partial charge < -0.3 is 10.2 Å². The molecular weight excluding hydrogens is 425 g/mol. The van der Waals surface area contributed by atoms with Gasteiger partial charge in [0.05, 0.1) is 16.3 Å². The van der Waals surface area contributed by atoms with Crippen molar-refractivity contribution in [1.29, 1.82) is 0 Å². The lowest BCUT2D eigenvalue weighted by Gasteiger charge is -2.22.